The Hall–Kier alpha value is -3.70. The molecule has 0 aliphatic rings. The number of ether oxygens (including phenoxy) is 2. The third-order valence-electron chi connectivity index (χ3n) is 4.51. The first-order chi connectivity index (χ1) is 14.3. The van der Waals surface area contributed by atoms with Crippen LogP contribution in [0.5, 0.6) is 17.2 Å². The fraction of sp³-hybridized carbons (Fsp3) is 0.105. The van der Waals surface area contributed by atoms with Gasteiger partial charge in [0.15, 0.2) is 22.6 Å². The van der Waals surface area contributed by atoms with Gasteiger partial charge in [0.05, 0.1) is 30.8 Å². The summed E-state index contributed by atoms with van der Waals surface area (Å²) in [4.78, 5) is 12.5. The van der Waals surface area contributed by atoms with E-state index in [1.54, 1.807) is 6.07 Å². The maximum Gasteiger partial charge on any atom is 0.364 e. The molecule has 0 saturated heterocycles. The molecule has 156 valence electrons. The molecule has 0 unspecified atom stereocenters. The predicted octanol–water partition coefficient (Wildman–Crippen LogP) is 2.65. The molecule has 0 aliphatic carbocycles. The summed E-state index contributed by atoms with van der Waals surface area (Å²) >= 11 is 0. The number of rotatable bonds is 5. The van der Waals surface area contributed by atoms with E-state index in [4.69, 9.17) is 23.4 Å². The number of methoxy groups -OCH3 is 2. The van der Waals surface area contributed by atoms with E-state index in [1.807, 2.05) is 0 Å². The van der Waals surface area contributed by atoms with Gasteiger partial charge in [-0.1, -0.05) is 0 Å². The Labute approximate surface area is 169 Å². The van der Waals surface area contributed by atoms with E-state index >= 15 is 0 Å². The average molecular weight is 432 g/mol. The first-order valence-electron chi connectivity index (χ1n) is 8.47. The van der Waals surface area contributed by atoms with Gasteiger partial charge in [0, 0.05) is 5.69 Å². The zero-order valence-electron chi connectivity index (χ0n) is 15.8. The van der Waals surface area contributed by atoms with Gasteiger partial charge < -0.3 is 28.7 Å². The summed E-state index contributed by atoms with van der Waals surface area (Å²) in [5.41, 5.74) is -0.589. The van der Waals surface area contributed by atoms with E-state index in [0.717, 1.165) is 0 Å². The van der Waals surface area contributed by atoms with Crippen LogP contribution in [0.3, 0.4) is 0 Å². The lowest BCUT2D eigenvalue weighted by Gasteiger charge is -2.14. The quantitative estimate of drug-likeness (QED) is 0.404. The van der Waals surface area contributed by atoms with Crippen LogP contribution in [-0.4, -0.2) is 27.7 Å². The molecule has 0 radical (unpaired) electrons. The van der Waals surface area contributed by atoms with Crippen molar-refractivity contribution in [3.8, 4) is 17.2 Å². The average Bonchev–Trinajstić information content (AvgIpc) is 3.18. The van der Waals surface area contributed by atoms with Gasteiger partial charge >= 0.3 is 5.63 Å². The number of anilines is 2. The highest BCUT2D eigenvalue weighted by molar-refractivity contribution is 7.89. The van der Waals surface area contributed by atoms with Crippen molar-refractivity contribution in [3.05, 3.63) is 47.0 Å². The van der Waals surface area contributed by atoms with Crippen LogP contribution >= 0.6 is 0 Å². The molecule has 0 bridgehead atoms. The Morgan fingerprint density at radius 3 is 2.30 bits per heavy atom. The molecule has 0 aliphatic heterocycles. The summed E-state index contributed by atoms with van der Waals surface area (Å²) in [7, 11) is -1.09. The zero-order valence-corrected chi connectivity index (χ0v) is 16.6. The van der Waals surface area contributed by atoms with Gasteiger partial charge in [-0.25, -0.2) is 18.4 Å². The third kappa shape index (κ3) is 3.00. The Morgan fingerprint density at radius 1 is 1.03 bits per heavy atom. The zero-order chi connectivity index (χ0) is 21.6. The summed E-state index contributed by atoms with van der Waals surface area (Å²) in [5, 5.41) is 19.3. The van der Waals surface area contributed by atoms with E-state index in [9.17, 15) is 18.3 Å². The number of aromatic hydroxyl groups is 1. The van der Waals surface area contributed by atoms with Gasteiger partial charge in [-0.15, -0.1) is 0 Å². The molecule has 30 heavy (non-hydrogen) atoms. The second-order valence-corrected chi connectivity index (χ2v) is 7.80. The molecular weight excluding hydrogens is 416 g/mol. The number of benzene rings is 2. The van der Waals surface area contributed by atoms with Crippen molar-refractivity contribution in [2.75, 3.05) is 19.5 Å². The lowest BCUT2D eigenvalue weighted by Crippen LogP contribution is -2.12. The van der Waals surface area contributed by atoms with Crippen molar-refractivity contribution in [2.24, 2.45) is 5.14 Å². The van der Waals surface area contributed by atoms with E-state index in [0.29, 0.717) is 16.7 Å². The molecule has 0 atom stereocenters. The SMILES string of the molecule is COc1c2occc2c(OC)c2c(O)c(Nc3ccc(S(N)(=O)=O)cc3)c(=O)oc12. The van der Waals surface area contributed by atoms with E-state index in [2.05, 4.69) is 5.32 Å². The first kappa shape index (κ1) is 19.6. The van der Waals surface area contributed by atoms with Gasteiger partial charge in [-0.3, -0.25) is 0 Å². The van der Waals surface area contributed by atoms with Crippen LogP contribution in [0.15, 0.2) is 55.1 Å². The number of hydrogen-bond donors (Lipinski definition) is 3. The summed E-state index contributed by atoms with van der Waals surface area (Å²) in [6.45, 7) is 0. The van der Waals surface area contributed by atoms with Crippen molar-refractivity contribution >= 4 is 43.3 Å². The van der Waals surface area contributed by atoms with Crippen molar-refractivity contribution in [2.45, 2.75) is 4.90 Å². The molecule has 4 N–H and O–H groups in total. The minimum absolute atomic E-state index is 0.0468. The van der Waals surface area contributed by atoms with Crippen LogP contribution in [-0.2, 0) is 10.0 Å². The second-order valence-electron chi connectivity index (χ2n) is 6.24. The van der Waals surface area contributed by atoms with Gasteiger partial charge in [-0.05, 0) is 30.3 Å². The van der Waals surface area contributed by atoms with Gasteiger partial charge in [0.25, 0.3) is 0 Å². The van der Waals surface area contributed by atoms with Gasteiger partial charge in [-0.2, -0.15) is 0 Å². The number of nitrogens with one attached hydrogen (secondary N) is 1. The molecule has 11 heteroatoms. The third-order valence-corrected chi connectivity index (χ3v) is 5.44. The normalized spacial score (nSPS) is 11.7. The van der Waals surface area contributed by atoms with E-state index in [1.165, 1.54) is 44.7 Å². The van der Waals surface area contributed by atoms with Crippen LogP contribution in [0.4, 0.5) is 11.4 Å². The van der Waals surface area contributed by atoms with Crippen molar-refractivity contribution < 1.29 is 31.8 Å². The number of sulfonamides is 1. The summed E-state index contributed by atoms with van der Waals surface area (Å²) < 4.78 is 44.4. The number of nitrogens with two attached hydrogens (primary N) is 1. The standard InChI is InChI=1S/C19H16N2O8S/c1-26-15-11-7-8-28-16(11)18(27-2)17-12(15)14(22)13(19(23)29-17)21-9-3-5-10(6-4-9)30(20,24)25/h3-8,21-22H,1-2H3,(H2,20,24,25). The Balaban J connectivity index is 1.94. The molecular formula is C19H16N2O8S. The maximum atomic E-state index is 12.6. The number of furan rings is 1. The van der Waals surface area contributed by atoms with Crippen molar-refractivity contribution in [1.82, 2.24) is 0 Å². The minimum atomic E-state index is -3.87. The van der Waals surface area contributed by atoms with Crippen LogP contribution < -0.4 is 25.6 Å². The van der Waals surface area contributed by atoms with E-state index in [-0.39, 0.29) is 33.1 Å². The second kappa shape index (κ2) is 6.97. The fourth-order valence-electron chi connectivity index (χ4n) is 3.18. The molecule has 2 aromatic heterocycles. The van der Waals surface area contributed by atoms with Crippen molar-refractivity contribution in [1.29, 1.82) is 0 Å². The lowest BCUT2D eigenvalue weighted by molar-refractivity contribution is 0.395. The number of hydrogen-bond acceptors (Lipinski definition) is 9. The molecule has 4 rings (SSSR count). The molecule has 0 fully saturated rings. The number of primary sulfonamides is 1. The molecule has 4 aromatic rings. The van der Waals surface area contributed by atoms with Gasteiger partial charge in [0.1, 0.15) is 11.1 Å². The van der Waals surface area contributed by atoms with E-state index < -0.39 is 21.4 Å². The summed E-state index contributed by atoms with van der Waals surface area (Å²) in [6.07, 6.45) is 1.41. The largest absolute Gasteiger partial charge is 0.505 e. The molecule has 2 aromatic carbocycles. The monoisotopic (exact) mass is 432 g/mol. The maximum absolute atomic E-state index is 12.6. The predicted molar refractivity (Wildman–Crippen MR) is 108 cm³/mol. The smallest absolute Gasteiger partial charge is 0.364 e. The highest BCUT2D eigenvalue weighted by atomic mass is 32.2. The first-order valence-corrected chi connectivity index (χ1v) is 10.0. The number of fused-ring (bicyclic) bond motifs is 2. The highest BCUT2D eigenvalue weighted by Crippen LogP contribution is 2.47. The van der Waals surface area contributed by atoms with Crippen LogP contribution in [0.2, 0.25) is 0 Å². The minimum Gasteiger partial charge on any atom is -0.505 e. The Bertz CT molecular complexity index is 1440. The molecule has 0 spiro atoms. The Morgan fingerprint density at radius 2 is 1.70 bits per heavy atom. The highest BCUT2D eigenvalue weighted by Gasteiger charge is 2.26. The van der Waals surface area contributed by atoms with Crippen LogP contribution in [0.1, 0.15) is 0 Å². The van der Waals surface area contributed by atoms with Crippen LogP contribution in [0.25, 0.3) is 21.9 Å². The lowest BCUT2D eigenvalue weighted by atomic mass is 10.1. The molecule has 10 nitrogen and oxygen atoms in total. The van der Waals surface area contributed by atoms with Gasteiger partial charge in [0.2, 0.25) is 15.8 Å². The van der Waals surface area contributed by atoms with Crippen LogP contribution in [0, 0.1) is 0 Å². The summed E-state index contributed by atoms with van der Waals surface area (Å²) in [6, 6.07) is 6.92. The Kier molecular flexibility index (Phi) is 4.56. The van der Waals surface area contributed by atoms with Crippen molar-refractivity contribution in [3.63, 3.8) is 0 Å². The molecule has 2 heterocycles. The molecule has 0 amide bonds. The summed E-state index contributed by atoms with van der Waals surface area (Å²) in [5.74, 6) is -0.0827. The topological polar surface area (TPSA) is 154 Å². The fourth-order valence-corrected chi connectivity index (χ4v) is 3.69. The molecule has 0 saturated carbocycles.